The molecular formula is C55H30N4S. The lowest BCUT2D eigenvalue weighted by atomic mass is 9.95. The van der Waals surface area contributed by atoms with Crippen LogP contribution in [-0.4, -0.2) is 19.5 Å². The Kier molecular flexibility index (Phi) is 7.06. The van der Waals surface area contributed by atoms with Crippen LogP contribution in [0.2, 0.25) is 0 Å². The summed E-state index contributed by atoms with van der Waals surface area (Å²) >= 11 is 1.80. The number of fused-ring (bicyclic) bond motifs is 13. The van der Waals surface area contributed by atoms with Crippen molar-refractivity contribution in [3.05, 3.63) is 194 Å². The third-order valence-corrected chi connectivity index (χ3v) is 13.2. The molecule has 3 heterocycles. The van der Waals surface area contributed by atoms with Gasteiger partial charge in [0.1, 0.15) is 5.52 Å². The molecule has 0 atom stereocenters. The van der Waals surface area contributed by atoms with Crippen molar-refractivity contribution in [2.24, 2.45) is 0 Å². The fraction of sp³-hybridized carbons (Fsp3) is 0. The van der Waals surface area contributed by atoms with E-state index in [0.717, 1.165) is 49.6 Å². The lowest BCUT2D eigenvalue weighted by Crippen LogP contribution is -2.02. The first-order chi connectivity index (χ1) is 29.8. The predicted molar refractivity (Wildman–Crippen MR) is 251 cm³/mol. The molecule has 13 aromatic rings. The second-order valence-corrected chi connectivity index (χ2v) is 16.4. The normalized spacial score (nSPS) is 11.9. The van der Waals surface area contributed by atoms with Crippen molar-refractivity contribution < 1.29 is 0 Å². The molecule has 0 aliphatic rings. The van der Waals surface area contributed by atoms with Gasteiger partial charge < -0.3 is 4.57 Å². The molecule has 5 heteroatoms. The van der Waals surface area contributed by atoms with E-state index in [1.54, 1.807) is 11.3 Å². The van der Waals surface area contributed by atoms with Crippen LogP contribution in [0.3, 0.4) is 0 Å². The van der Waals surface area contributed by atoms with Gasteiger partial charge in [-0.1, -0.05) is 158 Å². The van der Waals surface area contributed by atoms with Crippen molar-refractivity contribution in [1.82, 2.24) is 19.5 Å². The monoisotopic (exact) mass is 778 g/mol. The van der Waals surface area contributed by atoms with Gasteiger partial charge in [-0.25, -0.2) is 15.0 Å². The Labute approximate surface area is 348 Å². The highest BCUT2D eigenvalue weighted by Gasteiger charge is 2.21. The maximum atomic E-state index is 5.32. The summed E-state index contributed by atoms with van der Waals surface area (Å²) in [4.78, 5) is 15.7. The van der Waals surface area contributed by atoms with Crippen molar-refractivity contribution in [2.75, 3.05) is 0 Å². The zero-order chi connectivity index (χ0) is 39.3. The van der Waals surface area contributed by atoms with Crippen LogP contribution in [-0.2, 0) is 0 Å². The number of rotatable bonds is 4. The smallest absolute Gasteiger partial charge is 0.164 e. The highest BCUT2D eigenvalue weighted by atomic mass is 32.1. The fourth-order valence-electron chi connectivity index (χ4n) is 9.41. The van der Waals surface area contributed by atoms with E-state index in [4.69, 9.17) is 15.0 Å². The Morgan fingerprint density at radius 3 is 1.93 bits per heavy atom. The molecule has 0 amide bonds. The lowest BCUT2D eigenvalue weighted by Gasteiger charge is -2.15. The Morgan fingerprint density at radius 2 is 1.05 bits per heavy atom. The van der Waals surface area contributed by atoms with E-state index >= 15 is 0 Å². The summed E-state index contributed by atoms with van der Waals surface area (Å²) in [5, 5.41) is 14.0. The Bertz CT molecular complexity index is 3900. The largest absolute Gasteiger partial charge is 0.301 e. The third-order valence-electron chi connectivity index (χ3n) is 12.1. The summed E-state index contributed by atoms with van der Waals surface area (Å²) in [6.45, 7) is 0. The maximum absolute atomic E-state index is 5.32. The van der Waals surface area contributed by atoms with Crippen molar-refractivity contribution in [3.63, 3.8) is 0 Å². The van der Waals surface area contributed by atoms with Crippen LogP contribution in [0.15, 0.2) is 182 Å². The molecule has 0 fully saturated rings. The highest BCUT2D eigenvalue weighted by Crippen LogP contribution is 2.43. The number of benzene rings is 9. The predicted octanol–water partition coefficient (Wildman–Crippen LogP) is 14.6. The van der Waals surface area contributed by atoms with Gasteiger partial charge in [-0.15, -0.1) is 11.3 Å². The Balaban J connectivity index is 1.06. The average molecular weight is 779 g/mol. The van der Waals surface area contributed by atoms with Gasteiger partial charge in [0, 0.05) is 69.2 Å². The minimum Gasteiger partial charge on any atom is -0.301 e. The van der Waals surface area contributed by atoms with Gasteiger partial charge in [0.15, 0.2) is 17.5 Å². The summed E-state index contributed by atoms with van der Waals surface area (Å²) in [5.41, 5.74) is 6.05. The molecule has 0 saturated carbocycles. The quantitative estimate of drug-likeness (QED) is 0.167. The molecule has 0 radical (unpaired) electrons. The number of aromatic nitrogens is 4. The van der Waals surface area contributed by atoms with Crippen LogP contribution in [0.1, 0.15) is 0 Å². The molecule has 4 nitrogen and oxygen atoms in total. The van der Waals surface area contributed by atoms with Crippen LogP contribution < -0.4 is 0 Å². The van der Waals surface area contributed by atoms with Gasteiger partial charge in [0.05, 0.1) is 11.2 Å². The molecule has 0 spiro atoms. The van der Waals surface area contributed by atoms with Crippen molar-refractivity contribution in [3.8, 4) is 39.9 Å². The van der Waals surface area contributed by atoms with E-state index in [9.17, 15) is 0 Å². The molecule has 0 unspecified atom stereocenters. The van der Waals surface area contributed by atoms with Crippen LogP contribution in [0.4, 0.5) is 0 Å². The van der Waals surface area contributed by atoms with E-state index in [2.05, 4.69) is 180 Å². The molecule has 60 heavy (non-hydrogen) atoms. The fourth-order valence-corrected chi connectivity index (χ4v) is 10.5. The minimum atomic E-state index is 0.630. The van der Waals surface area contributed by atoms with Gasteiger partial charge in [-0.2, -0.15) is 0 Å². The lowest BCUT2D eigenvalue weighted by molar-refractivity contribution is 1.08. The van der Waals surface area contributed by atoms with Gasteiger partial charge in [0.25, 0.3) is 0 Å². The van der Waals surface area contributed by atoms with Gasteiger partial charge in [0.2, 0.25) is 0 Å². The molecule has 0 saturated heterocycles. The highest BCUT2D eigenvalue weighted by molar-refractivity contribution is 7.25. The van der Waals surface area contributed by atoms with Gasteiger partial charge >= 0.3 is 0 Å². The van der Waals surface area contributed by atoms with E-state index in [1.165, 1.54) is 57.9 Å². The zero-order valence-electron chi connectivity index (χ0n) is 32.0. The first-order valence-corrected chi connectivity index (χ1v) is 20.9. The summed E-state index contributed by atoms with van der Waals surface area (Å²) in [5.74, 6) is 1.92. The first-order valence-electron chi connectivity index (χ1n) is 20.1. The van der Waals surface area contributed by atoms with E-state index in [0.29, 0.717) is 17.5 Å². The number of thiophene rings is 1. The number of nitrogens with zero attached hydrogens (tertiary/aromatic N) is 4. The molecule has 0 aliphatic heterocycles. The summed E-state index contributed by atoms with van der Waals surface area (Å²) in [6, 6.07) is 71.9. The molecule has 0 N–H and O–H groups in total. The second-order valence-electron chi connectivity index (χ2n) is 15.3. The van der Waals surface area contributed by atoms with E-state index in [-0.39, 0.29) is 0 Å². The standard InChI is InChI=1S/C55H30N4S/c1-2-14-35(15-3-1)53-56-54(58-55(57-53)44-21-12-24-49-52(44)43-20-9-11-23-48(43)60-49)41-30-31-46(38-18-7-6-17-37(38)41)59-45-22-10-8-19-42(45)51-40-28-27-34-26-25-33-13-4-5-16-36(33)50(34)39(40)29-32-47(51)59/h1-28,30-31H. The molecular weight excluding hydrogens is 749 g/mol. The van der Waals surface area contributed by atoms with Crippen LogP contribution in [0, 0.1) is 12.1 Å². The molecule has 3 aromatic heterocycles. The Hall–Kier alpha value is -7.91. The summed E-state index contributed by atoms with van der Waals surface area (Å²) in [7, 11) is 0. The van der Waals surface area contributed by atoms with Gasteiger partial charge in [-0.05, 0) is 57.9 Å². The van der Waals surface area contributed by atoms with E-state index < -0.39 is 0 Å². The van der Waals surface area contributed by atoms with Crippen molar-refractivity contribution in [2.45, 2.75) is 0 Å². The van der Waals surface area contributed by atoms with Gasteiger partial charge in [-0.3, -0.25) is 0 Å². The number of para-hydroxylation sites is 1. The minimum absolute atomic E-state index is 0.630. The molecule has 0 aliphatic carbocycles. The maximum Gasteiger partial charge on any atom is 0.164 e. The van der Waals surface area contributed by atoms with E-state index in [1.807, 2.05) is 18.2 Å². The summed E-state index contributed by atoms with van der Waals surface area (Å²) < 4.78 is 4.81. The zero-order valence-corrected chi connectivity index (χ0v) is 32.8. The SMILES string of the molecule is c1c2c(ccc3ccc4ccccc4c32)c2c3ccccc3n(-c3ccc(-c4nc(-c5ccccc5)nc(-c5cccc6sc7ccccc7c56)n4)c4ccccc34)c2c#1. The number of hydrogen-bond acceptors (Lipinski definition) is 4. The topological polar surface area (TPSA) is 43.6 Å². The molecule has 10 aromatic carbocycles. The average Bonchev–Trinajstić information content (AvgIpc) is 3.87. The molecule has 13 rings (SSSR count). The van der Waals surface area contributed by atoms with Crippen molar-refractivity contribution >= 4 is 96.4 Å². The second kappa shape index (κ2) is 12.8. The van der Waals surface area contributed by atoms with Crippen LogP contribution in [0.25, 0.3) is 125 Å². The Morgan fingerprint density at radius 1 is 0.383 bits per heavy atom. The molecule has 0 bridgehead atoms. The number of hydrogen-bond donors (Lipinski definition) is 0. The summed E-state index contributed by atoms with van der Waals surface area (Å²) in [6.07, 6.45) is 0. The van der Waals surface area contributed by atoms with Crippen LogP contribution in [0.5, 0.6) is 0 Å². The van der Waals surface area contributed by atoms with Crippen molar-refractivity contribution in [1.29, 1.82) is 0 Å². The third kappa shape index (κ3) is 4.83. The molecule has 276 valence electrons. The first kappa shape index (κ1) is 33.1. The van der Waals surface area contributed by atoms with Crippen LogP contribution >= 0.6 is 11.3 Å².